The van der Waals surface area contributed by atoms with E-state index in [-0.39, 0.29) is 18.9 Å². The number of carbonyl (C=O) groups is 1. The van der Waals surface area contributed by atoms with Crippen LogP contribution >= 0.6 is 0 Å². The van der Waals surface area contributed by atoms with Crippen LogP contribution in [0.25, 0.3) is 0 Å². The van der Waals surface area contributed by atoms with Crippen molar-refractivity contribution in [3.8, 4) is 11.5 Å². The molecule has 3 aromatic carbocycles. The number of hydrogen-bond donors (Lipinski definition) is 1. The lowest BCUT2D eigenvalue weighted by Gasteiger charge is -2.38. The summed E-state index contributed by atoms with van der Waals surface area (Å²) in [5.74, 6) is 1.40. The van der Waals surface area contributed by atoms with Crippen LogP contribution < -0.4 is 19.7 Å². The molecular weight excluding hydrogens is 352 g/mol. The van der Waals surface area contributed by atoms with Gasteiger partial charge < -0.3 is 14.8 Å². The van der Waals surface area contributed by atoms with Gasteiger partial charge in [-0.3, -0.25) is 9.69 Å². The third-order valence-corrected chi connectivity index (χ3v) is 5.41. The standard InChI is InChI=1S/C23H20N2O3/c1-14-7-9-17(11-15(14)2)25-22(16-8-10-20-21(12-16)28-13-27-20)24-19-6-4-3-5-18(19)23(25)26/h3-12,22,24H,13H2,1-2H3. The Morgan fingerprint density at radius 2 is 1.75 bits per heavy atom. The van der Waals surface area contributed by atoms with E-state index in [1.165, 1.54) is 5.56 Å². The lowest BCUT2D eigenvalue weighted by atomic mass is 10.0. The highest BCUT2D eigenvalue weighted by molar-refractivity contribution is 6.12. The number of aryl methyl sites for hydroxylation is 2. The number of fused-ring (bicyclic) bond motifs is 2. The first-order valence-electron chi connectivity index (χ1n) is 9.28. The maximum Gasteiger partial charge on any atom is 0.262 e. The second-order valence-electron chi connectivity index (χ2n) is 7.15. The molecule has 1 N–H and O–H groups in total. The van der Waals surface area contributed by atoms with E-state index in [0.29, 0.717) is 11.3 Å². The number of amides is 1. The van der Waals surface area contributed by atoms with Gasteiger partial charge >= 0.3 is 0 Å². The SMILES string of the molecule is Cc1ccc(N2C(=O)c3ccccc3NC2c2ccc3c(c2)OCO3)cc1C. The van der Waals surface area contributed by atoms with Crippen LogP contribution in [0.1, 0.15) is 33.2 Å². The summed E-state index contributed by atoms with van der Waals surface area (Å²) < 4.78 is 11.0. The zero-order valence-corrected chi connectivity index (χ0v) is 15.7. The predicted molar refractivity (Wildman–Crippen MR) is 108 cm³/mol. The molecule has 2 aliphatic heterocycles. The smallest absolute Gasteiger partial charge is 0.262 e. The van der Waals surface area contributed by atoms with Gasteiger partial charge in [0.2, 0.25) is 6.79 Å². The number of hydrogen-bond acceptors (Lipinski definition) is 4. The quantitative estimate of drug-likeness (QED) is 0.702. The van der Waals surface area contributed by atoms with Crippen molar-refractivity contribution in [3.05, 3.63) is 82.9 Å². The van der Waals surface area contributed by atoms with Crippen LogP contribution in [0, 0.1) is 13.8 Å². The fourth-order valence-corrected chi connectivity index (χ4v) is 3.71. The van der Waals surface area contributed by atoms with Crippen LogP contribution in [-0.4, -0.2) is 12.7 Å². The average molecular weight is 372 g/mol. The molecule has 0 aromatic heterocycles. The Labute approximate surface area is 163 Å². The lowest BCUT2D eigenvalue weighted by molar-refractivity contribution is 0.0975. The van der Waals surface area contributed by atoms with Crippen LogP contribution in [0.2, 0.25) is 0 Å². The molecule has 2 aliphatic rings. The molecule has 0 saturated carbocycles. The van der Waals surface area contributed by atoms with Crippen molar-refractivity contribution < 1.29 is 14.3 Å². The third kappa shape index (κ3) is 2.59. The molecule has 28 heavy (non-hydrogen) atoms. The molecule has 1 unspecified atom stereocenters. The Bertz CT molecular complexity index is 1090. The normalized spacial score (nSPS) is 17.3. The minimum Gasteiger partial charge on any atom is -0.454 e. The van der Waals surface area contributed by atoms with E-state index < -0.39 is 0 Å². The summed E-state index contributed by atoms with van der Waals surface area (Å²) in [6.45, 7) is 4.35. The molecular formula is C23H20N2O3. The minimum absolute atomic E-state index is 0.0275. The zero-order chi connectivity index (χ0) is 19.3. The van der Waals surface area contributed by atoms with Crippen molar-refractivity contribution in [2.45, 2.75) is 20.0 Å². The maximum atomic E-state index is 13.5. The number of carbonyl (C=O) groups excluding carboxylic acids is 1. The first kappa shape index (κ1) is 16.7. The molecule has 0 saturated heterocycles. The van der Waals surface area contributed by atoms with Crippen LogP contribution in [-0.2, 0) is 0 Å². The Balaban J connectivity index is 1.65. The second kappa shape index (κ2) is 6.30. The van der Waals surface area contributed by atoms with Gasteiger partial charge in [-0.1, -0.05) is 24.3 Å². The molecule has 5 nitrogen and oxygen atoms in total. The van der Waals surface area contributed by atoms with Crippen LogP contribution in [0.5, 0.6) is 11.5 Å². The van der Waals surface area contributed by atoms with E-state index in [9.17, 15) is 4.79 Å². The van der Waals surface area contributed by atoms with E-state index in [2.05, 4.69) is 31.3 Å². The van der Waals surface area contributed by atoms with E-state index in [1.54, 1.807) is 0 Å². The number of benzene rings is 3. The molecule has 140 valence electrons. The van der Waals surface area contributed by atoms with Crippen LogP contribution in [0.15, 0.2) is 60.7 Å². The van der Waals surface area contributed by atoms with Crippen molar-refractivity contribution in [2.75, 3.05) is 17.0 Å². The zero-order valence-electron chi connectivity index (χ0n) is 15.7. The average Bonchev–Trinajstić information content (AvgIpc) is 3.18. The molecule has 5 heteroatoms. The fourth-order valence-electron chi connectivity index (χ4n) is 3.71. The molecule has 0 spiro atoms. The van der Waals surface area contributed by atoms with Gasteiger partial charge in [0.1, 0.15) is 6.17 Å². The summed E-state index contributed by atoms with van der Waals surface area (Å²) in [4.78, 5) is 15.3. The summed E-state index contributed by atoms with van der Waals surface area (Å²) in [5, 5.41) is 3.53. The van der Waals surface area contributed by atoms with Gasteiger partial charge in [-0.25, -0.2) is 0 Å². The monoisotopic (exact) mass is 372 g/mol. The molecule has 1 atom stereocenters. The van der Waals surface area contributed by atoms with E-state index in [0.717, 1.165) is 28.3 Å². The molecule has 0 radical (unpaired) electrons. The number of ether oxygens (including phenoxy) is 2. The number of nitrogens with zero attached hydrogens (tertiary/aromatic N) is 1. The van der Waals surface area contributed by atoms with Crippen molar-refractivity contribution in [1.82, 2.24) is 0 Å². The Morgan fingerprint density at radius 1 is 0.929 bits per heavy atom. The van der Waals surface area contributed by atoms with Gasteiger partial charge in [0.15, 0.2) is 11.5 Å². The topological polar surface area (TPSA) is 50.8 Å². The summed E-state index contributed by atoms with van der Waals surface area (Å²) >= 11 is 0. The summed E-state index contributed by atoms with van der Waals surface area (Å²) in [6, 6.07) is 19.5. The second-order valence-corrected chi connectivity index (χ2v) is 7.15. The summed E-state index contributed by atoms with van der Waals surface area (Å²) in [7, 11) is 0. The third-order valence-electron chi connectivity index (χ3n) is 5.41. The predicted octanol–water partition coefficient (Wildman–Crippen LogP) is 4.80. The van der Waals surface area contributed by atoms with Crippen molar-refractivity contribution in [3.63, 3.8) is 0 Å². The first-order valence-corrected chi connectivity index (χ1v) is 9.28. The molecule has 0 fully saturated rings. The van der Waals surface area contributed by atoms with Gasteiger partial charge in [0.05, 0.1) is 5.56 Å². The van der Waals surface area contributed by atoms with Crippen molar-refractivity contribution in [2.24, 2.45) is 0 Å². The highest BCUT2D eigenvalue weighted by Gasteiger charge is 2.34. The Kier molecular flexibility index (Phi) is 3.76. The number of nitrogens with one attached hydrogen (secondary N) is 1. The van der Waals surface area contributed by atoms with Gasteiger partial charge in [-0.2, -0.15) is 0 Å². The molecule has 1 amide bonds. The highest BCUT2D eigenvalue weighted by atomic mass is 16.7. The fraction of sp³-hybridized carbons (Fsp3) is 0.174. The van der Waals surface area contributed by atoms with Crippen molar-refractivity contribution >= 4 is 17.3 Å². The van der Waals surface area contributed by atoms with Gasteiger partial charge in [0.25, 0.3) is 5.91 Å². The molecule has 2 heterocycles. The summed E-state index contributed by atoms with van der Waals surface area (Å²) in [5.41, 5.74) is 5.63. The van der Waals surface area contributed by atoms with E-state index in [4.69, 9.17) is 9.47 Å². The lowest BCUT2D eigenvalue weighted by Crippen LogP contribution is -2.43. The van der Waals surface area contributed by atoms with Gasteiger partial charge in [0, 0.05) is 11.4 Å². The minimum atomic E-state index is -0.348. The number of para-hydroxylation sites is 1. The van der Waals surface area contributed by atoms with E-state index in [1.807, 2.05) is 53.4 Å². The largest absolute Gasteiger partial charge is 0.454 e. The Hall–Kier alpha value is -3.47. The van der Waals surface area contributed by atoms with E-state index >= 15 is 0 Å². The molecule has 0 aliphatic carbocycles. The van der Waals surface area contributed by atoms with Crippen molar-refractivity contribution in [1.29, 1.82) is 0 Å². The van der Waals surface area contributed by atoms with Gasteiger partial charge in [-0.05, 0) is 66.9 Å². The molecule has 5 rings (SSSR count). The molecule has 0 bridgehead atoms. The van der Waals surface area contributed by atoms with Crippen LogP contribution in [0.4, 0.5) is 11.4 Å². The molecule has 3 aromatic rings. The summed E-state index contributed by atoms with van der Waals surface area (Å²) in [6.07, 6.45) is -0.348. The van der Waals surface area contributed by atoms with Gasteiger partial charge in [-0.15, -0.1) is 0 Å². The maximum absolute atomic E-state index is 13.5. The highest BCUT2D eigenvalue weighted by Crippen LogP contribution is 2.40. The first-order chi connectivity index (χ1) is 13.6. The number of rotatable bonds is 2. The Morgan fingerprint density at radius 3 is 2.61 bits per heavy atom. The van der Waals surface area contributed by atoms with Crippen LogP contribution in [0.3, 0.4) is 0 Å². The number of anilines is 2.